The number of aliphatic hydroxyl groups excluding tert-OH is 1. The lowest BCUT2D eigenvalue weighted by Crippen LogP contribution is -2.52. The summed E-state index contributed by atoms with van der Waals surface area (Å²) in [5.41, 5.74) is 0.0175. The zero-order chi connectivity index (χ0) is 23.2. The first-order chi connectivity index (χ1) is 15.1. The molecule has 1 aliphatic heterocycles. The molecular formula is C21H18ClF3N4O3. The van der Waals surface area contributed by atoms with Gasteiger partial charge in [-0.05, 0) is 35.9 Å². The lowest BCUT2D eigenvalue weighted by molar-refractivity contribution is -0.137. The standard InChI is InChI=1S/C21H18ClF3N4O3/c1-27-17-16(18(30)28(2)20(27)31)29(11-12-6-8-14(22)9-7-12)19(26-17)32-15-5-3-4-13(10-15)21(23,24)25/h3-10,20,31H,11H2,1-2H3. The van der Waals surface area contributed by atoms with E-state index in [0.29, 0.717) is 5.02 Å². The molecule has 1 amide bonds. The van der Waals surface area contributed by atoms with Gasteiger partial charge in [-0.15, -0.1) is 0 Å². The van der Waals surface area contributed by atoms with Gasteiger partial charge in [-0.25, -0.2) is 0 Å². The predicted octanol–water partition coefficient (Wildman–Crippen LogP) is 4.19. The molecule has 1 aliphatic rings. The van der Waals surface area contributed by atoms with Crippen molar-refractivity contribution in [3.63, 3.8) is 0 Å². The fourth-order valence-electron chi connectivity index (χ4n) is 3.36. The van der Waals surface area contributed by atoms with E-state index in [1.165, 1.54) is 28.6 Å². The smallest absolute Gasteiger partial charge is 0.416 e. The summed E-state index contributed by atoms with van der Waals surface area (Å²) in [7, 11) is 2.97. The molecule has 168 valence electrons. The van der Waals surface area contributed by atoms with Crippen molar-refractivity contribution in [1.29, 1.82) is 0 Å². The largest absolute Gasteiger partial charge is 0.425 e. The maximum absolute atomic E-state index is 13.1. The van der Waals surface area contributed by atoms with E-state index in [2.05, 4.69) is 4.98 Å². The quantitative estimate of drug-likeness (QED) is 0.624. The van der Waals surface area contributed by atoms with Gasteiger partial charge in [0.15, 0.2) is 11.5 Å². The van der Waals surface area contributed by atoms with Gasteiger partial charge in [-0.1, -0.05) is 29.8 Å². The van der Waals surface area contributed by atoms with Gasteiger partial charge in [-0.3, -0.25) is 14.3 Å². The monoisotopic (exact) mass is 466 g/mol. The van der Waals surface area contributed by atoms with E-state index >= 15 is 0 Å². The van der Waals surface area contributed by atoms with Crippen molar-refractivity contribution in [1.82, 2.24) is 14.5 Å². The van der Waals surface area contributed by atoms with Crippen molar-refractivity contribution in [3.8, 4) is 11.8 Å². The first-order valence-corrected chi connectivity index (χ1v) is 9.82. The number of halogens is 4. The second-order valence-corrected chi connectivity index (χ2v) is 7.72. The van der Waals surface area contributed by atoms with Crippen molar-refractivity contribution in [2.45, 2.75) is 19.1 Å². The summed E-state index contributed by atoms with van der Waals surface area (Å²) in [6.45, 7) is 0.136. The Bertz CT molecular complexity index is 1160. The fourth-order valence-corrected chi connectivity index (χ4v) is 3.48. The number of ether oxygens (including phenoxy) is 1. The van der Waals surface area contributed by atoms with E-state index in [9.17, 15) is 23.1 Å². The molecule has 0 saturated carbocycles. The topological polar surface area (TPSA) is 70.8 Å². The van der Waals surface area contributed by atoms with E-state index in [0.717, 1.165) is 22.6 Å². The lowest BCUT2D eigenvalue weighted by atomic mass is 10.2. The molecule has 2 aromatic carbocycles. The number of carbonyl (C=O) groups excluding carboxylic acids is 1. The summed E-state index contributed by atoms with van der Waals surface area (Å²) >= 11 is 5.95. The number of aromatic nitrogens is 2. The minimum Gasteiger partial charge on any atom is -0.425 e. The number of rotatable bonds is 4. The van der Waals surface area contributed by atoms with Gasteiger partial charge in [0.1, 0.15) is 5.75 Å². The third kappa shape index (κ3) is 3.98. The van der Waals surface area contributed by atoms with Crippen molar-refractivity contribution in [3.05, 3.63) is 70.4 Å². The fraction of sp³-hybridized carbons (Fsp3) is 0.238. The van der Waals surface area contributed by atoms with Gasteiger partial charge in [0, 0.05) is 19.1 Å². The molecule has 32 heavy (non-hydrogen) atoms. The SMILES string of the molecule is CN1C(=O)c2c(nc(Oc3cccc(C(F)(F)F)c3)n2Cc2ccc(Cl)cc2)N(C)C1O. The second-order valence-electron chi connectivity index (χ2n) is 7.28. The third-order valence-electron chi connectivity index (χ3n) is 5.09. The Balaban J connectivity index is 1.81. The summed E-state index contributed by atoms with van der Waals surface area (Å²) < 4.78 is 46.5. The van der Waals surface area contributed by atoms with E-state index in [4.69, 9.17) is 16.3 Å². The van der Waals surface area contributed by atoms with Gasteiger partial charge in [0.05, 0.1) is 12.1 Å². The molecule has 7 nitrogen and oxygen atoms in total. The lowest BCUT2D eigenvalue weighted by Gasteiger charge is -2.36. The summed E-state index contributed by atoms with van der Waals surface area (Å²) in [4.78, 5) is 19.8. The van der Waals surface area contributed by atoms with E-state index < -0.39 is 24.0 Å². The number of fused-ring (bicyclic) bond motifs is 1. The highest BCUT2D eigenvalue weighted by molar-refractivity contribution is 6.30. The second kappa shape index (κ2) is 8.03. The van der Waals surface area contributed by atoms with Crippen LogP contribution in [0.2, 0.25) is 5.02 Å². The van der Waals surface area contributed by atoms with Crippen molar-refractivity contribution < 1.29 is 27.8 Å². The van der Waals surface area contributed by atoms with Crippen LogP contribution in [0.3, 0.4) is 0 Å². The van der Waals surface area contributed by atoms with Crippen LogP contribution < -0.4 is 9.64 Å². The Labute approximate surface area is 186 Å². The Morgan fingerprint density at radius 1 is 1.12 bits per heavy atom. The number of nitrogens with zero attached hydrogens (tertiary/aromatic N) is 4. The maximum atomic E-state index is 13.1. The van der Waals surface area contributed by atoms with Gasteiger partial charge in [0.2, 0.25) is 6.35 Å². The first kappa shape index (κ1) is 22.0. The normalized spacial score (nSPS) is 16.3. The zero-order valence-electron chi connectivity index (χ0n) is 17.0. The highest BCUT2D eigenvalue weighted by Crippen LogP contribution is 2.36. The molecule has 2 heterocycles. The van der Waals surface area contributed by atoms with Gasteiger partial charge < -0.3 is 14.7 Å². The minimum absolute atomic E-state index is 0.0908. The van der Waals surface area contributed by atoms with Crippen LogP contribution in [0.15, 0.2) is 48.5 Å². The summed E-state index contributed by atoms with van der Waals surface area (Å²) in [5, 5.41) is 10.8. The Morgan fingerprint density at radius 3 is 2.47 bits per heavy atom. The summed E-state index contributed by atoms with van der Waals surface area (Å²) in [6, 6.07) is 11.1. The molecule has 1 atom stereocenters. The number of aliphatic hydroxyl groups is 1. The van der Waals surface area contributed by atoms with Crippen molar-refractivity contribution in [2.24, 2.45) is 0 Å². The number of amides is 1. The molecule has 1 unspecified atom stereocenters. The molecule has 0 radical (unpaired) electrons. The molecule has 0 spiro atoms. The minimum atomic E-state index is -4.54. The highest BCUT2D eigenvalue weighted by atomic mass is 35.5. The van der Waals surface area contributed by atoms with Gasteiger partial charge >= 0.3 is 12.2 Å². The Kier molecular flexibility index (Phi) is 5.51. The van der Waals surface area contributed by atoms with Crippen molar-refractivity contribution in [2.75, 3.05) is 19.0 Å². The van der Waals surface area contributed by atoms with E-state index in [-0.39, 0.29) is 29.8 Å². The zero-order valence-corrected chi connectivity index (χ0v) is 17.7. The van der Waals surface area contributed by atoms with E-state index in [1.807, 2.05) is 0 Å². The molecule has 0 aliphatic carbocycles. The van der Waals surface area contributed by atoms with Gasteiger partial charge in [0.25, 0.3) is 5.91 Å². The number of benzene rings is 2. The molecule has 0 fully saturated rings. The Morgan fingerprint density at radius 2 is 1.81 bits per heavy atom. The first-order valence-electron chi connectivity index (χ1n) is 9.44. The van der Waals surface area contributed by atoms with Crippen LogP contribution in [0.4, 0.5) is 19.0 Å². The average Bonchev–Trinajstić information content (AvgIpc) is 3.10. The van der Waals surface area contributed by atoms with E-state index in [1.54, 1.807) is 31.3 Å². The molecule has 3 aromatic rings. The Hall–Kier alpha value is -3.24. The number of hydrogen-bond acceptors (Lipinski definition) is 5. The third-order valence-corrected chi connectivity index (χ3v) is 5.34. The molecule has 4 rings (SSSR count). The molecule has 0 saturated heterocycles. The number of anilines is 1. The highest BCUT2D eigenvalue weighted by Gasteiger charge is 2.38. The predicted molar refractivity (Wildman–Crippen MR) is 111 cm³/mol. The summed E-state index contributed by atoms with van der Waals surface area (Å²) in [6.07, 6.45) is -5.80. The summed E-state index contributed by atoms with van der Waals surface area (Å²) in [5.74, 6) is -0.453. The maximum Gasteiger partial charge on any atom is 0.416 e. The van der Waals surface area contributed by atoms with Crippen LogP contribution in [0.1, 0.15) is 21.6 Å². The van der Waals surface area contributed by atoms with Crippen molar-refractivity contribution >= 4 is 23.3 Å². The molecule has 1 N–H and O–H groups in total. The van der Waals surface area contributed by atoms with Gasteiger partial charge in [-0.2, -0.15) is 18.2 Å². The molecule has 11 heteroatoms. The van der Waals surface area contributed by atoms with Crippen LogP contribution in [0.5, 0.6) is 11.8 Å². The van der Waals surface area contributed by atoms with Crippen LogP contribution in [-0.2, 0) is 12.7 Å². The van der Waals surface area contributed by atoms with Crippen LogP contribution >= 0.6 is 11.6 Å². The van der Waals surface area contributed by atoms with Crippen LogP contribution in [0.25, 0.3) is 0 Å². The average molecular weight is 467 g/mol. The number of alkyl halides is 3. The molecule has 0 bridgehead atoms. The number of carbonyl (C=O) groups is 1. The number of hydrogen-bond donors (Lipinski definition) is 1. The molecular weight excluding hydrogens is 449 g/mol. The molecule has 1 aromatic heterocycles. The van der Waals surface area contributed by atoms with Crippen LogP contribution in [-0.4, -0.2) is 45.9 Å². The number of imidazole rings is 1. The van der Waals surface area contributed by atoms with Crippen LogP contribution in [0, 0.1) is 0 Å².